The lowest BCUT2D eigenvalue weighted by atomic mass is 10.1. The molecular weight excluding hydrogens is 332 g/mol. The number of anilines is 1. The topological polar surface area (TPSA) is 108 Å². The summed E-state index contributed by atoms with van der Waals surface area (Å²) in [7, 11) is 1.49. The summed E-state index contributed by atoms with van der Waals surface area (Å²) in [5.74, 6) is 0.642. The van der Waals surface area contributed by atoms with Crippen molar-refractivity contribution in [1.82, 2.24) is 20.2 Å². The zero-order chi connectivity index (χ0) is 18.1. The number of hydrogen-bond acceptors (Lipinski definition) is 7. The molecule has 0 bridgehead atoms. The Morgan fingerprint density at radius 2 is 2.04 bits per heavy atom. The third kappa shape index (κ3) is 2.67. The molecule has 0 aliphatic carbocycles. The van der Waals surface area contributed by atoms with Crippen molar-refractivity contribution in [1.29, 1.82) is 0 Å². The maximum Gasteiger partial charge on any atom is 0.265 e. The second-order valence-electron chi connectivity index (χ2n) is 5.72. The number of fused-ring (bicyclic) bond motifs is 3. The highest BCUT2D eigenvalue weighted by Gasteiger charge is 2.10. The number of methoxy groups -OCH3 is 1. The molecule has 0 amide bonds. The molecule has 8 heteroatoms. The molecule has 0 saturated heterocycles. The molecule has 0 aliphatic heterocycles. The monoisotopic (exact) mass is 348 g/mol. The number of nitrogens with one attached hydrogen (secondary N) is 2. The van der Waals surface area contributed by atoms with Crippen molar-refractivity contribution in [3.05, 3.63) is 47.5 Å². The van der Waals surface area contributed by atoms with Crippen LogP contribution >= 0.6 is 0 Å². The Labute approximate surface area is 148 Å². The van der Waals surface area contributed by atoms with Gasteiger partial charge in [0.1, 0.15) is 5.52 Å². The number of aromatic hydroxyl groups is 1. The van der Waals surface area contributed by atoms with Crippen LogP contribution in [0.15, 0.2) is 41.5 Å². The lowest BCUT2D eigenvalue weighted by molar-refractivity contribution is 0.373. The number of H-pyrrole nitrogens is 1. The van der Waals surface area contributed by atoms with Crippen LogP contribution < -0.4 is 10.2 Å². The summed E-state index contributed by atoms with van der Waals surface area (Å²) in [6.07, 6.45) is 1.46. The summed E-state index contributed by atoms with van der Waals surface area (Å²) in [5, 5.41) is 23.4. The van der Waals surface area contributed by atoms with E-state index in [0.717, 1.165) is 16.5 Å². The molecule has 2 aromatic carbocycles. The van der Waals surface area contributed by atoms with Crippen LogP contribution in [0.2, 0.25) is 0 Å². The van der Waals surface area contributed by atoms with E-state index in [1.54, 1.807) is 18.2 Å². The van der Waals surface area contributed by atoms with Crippen molar-refractivity contribution in [2.75, 3.05) is 12.5 Å². The van der Waals surface area contributed by atoms with Gasteiger partial charge < -0.3 is 14.8 Å². The van der Waals surface area contributed by atoms with Crippen LogP contribution in [-0.4, -0.2) is 38.6 Å². The van der Waals surface area contributed by atoms with E-state index in [4.69, 9.17) is 4.74 Å². The van der Waals surface area contributed by atoms with Crippen molar-refractivity contribution in [3.8, 4) is 11.5 Å². The van der Waals surface area contributed by atoms with Gasteiger partial charge in [-0.1, -0.05) is 24.3 Å². The Kier molecular flexibility index (Phi) is 3.85. The number of rotatable bonds is 4. The number of hydrogen-bond donors (Lipinski definition) is 3. The van der Waals surface area contributed by atoms with Crippen LogP contribution in [0, 0.1) is 6.92 Å². The molecule has 0 saturated carbocycles. The molecule has 130 valence electrons. The minimum atomic E-state index is 0.0149. The second-order valence-corrected chi connectivity index (χ2v) is 5.72. The first-order valence-corrected chi connectivity index (χ1v) is 7.94. The summed E-state index contributed by atoms with van der Waals surface area (Å²) in [4.78, 5) is 7.66. The van der Waals surface area contributed by atoms with Gasteiger partial charge in [0.25, 0.3) is 5.95 Å². The first-order chi connectivity index (χ1) is 12.7. The Bertz CT molecular complexity index is 1140. The molecule has 4 rings (SSSR count). The average molecular weight is 348 g/mol. The van der Waals surface area contributed by atoms with Crippen LogP contribution in [0.5, 0.6) is 11.5 Å². The SMILES string of the molecule is COc1cccc(C=NNc2nnc3c(n2)[nH]c2c(C)cccc23)c1O. The summed E-state index contributed by atoms with van der Waals surface area (Å²) in [6.45, 7) is 2.02. The van der Waals surface area contributed by atoms with Gasteiger partial charge in [-0.3, -0.25) is 0 Å². The molecule has 2 heterocycles. The van der Waals surface area contributed by atoms with E-state index in [9.17, 15) is 5.11 Å². The lowest BCUT2D eigenvalue weighted by Gasteiger charge is -2.04. The minimum absolute atomic E-state index is 0.0149. The van der Waals surface area contributed by atoms with Crippen molar-refractivity contribution < 1.29 is 9.84 Å². The predicted octanol–water partition coefficient (Wildman–Crippen LogP) is 2.97. The van der Waals surface area contributed by atoms with E-state index < -0.39 is 0 Å². The molecule has 0 aliphatic rings. The molecule has 0 fully saturated rings. The fraction of sp³-hybridized carbons (Fsp3) is 0.111. The van der Waals surface area contributed by atoms with E-state index in [-0.39, 0.29) is 11.7 Å². The number of nitrogens with zero attached hydrogens (tertiary/aromatic N) is 4. The van der Waals surface area contributed by atoms with Gasteiger partial charge in [0.2, 0.25) is 0 Å². The third-order valence-electron chi connectivity index (χ3n) is 4.08. The van der Waals surface area contributed by atoms with Gasteiger partial charge in [-0.05, 0) is 24.6 Å². The van der Waals surface area contributed by atoms with Gasteiger partial charge in [0.15, 0.2) is 17.1 Å². The van der Waals surface area contributed by atoms with Crippen molar-refractivity contribution in [3.63, 3.8) is 0 Å². The highest BCUT2D eigenvalue weighted by atomic mass is 16.5. The maximum atomic E-state index is 10.0. The number of aryl methyl sites for hydroxylation is 1. The summed E-state index contributed by atoms with van der Waals surface area (Å²) in [5.41, 5.74) is 6.68. The number of ether oxygens (including phenoxy) is 1. The van der Waals surface area contributed by atoms with Crippen molar-refractivity contribution in [2.45, 2.75) is 6.92 Å². The van der Waals surface area contributed by atoms with Crippen molar-refractivity contribution >= 4 is 34.2 Å². The molecule has 4 aromatic rings. The standard InChI is InChI=1S/C18H16N6O2/c1-10-5-3-7-12-14(10)20-17-15(12)22-24-18(21-17)23-19-9-11-6-4-8-13(26-2)16(11)25/h3-9,25H,1-2H3,(H2,20,21,23,24). The van der Waals surface area contributed by atoms with E-state index in [1.165, 1.54) is 13.3 Å². The molecule has 3 N–H and O–H groups in total. The van der Waals surface area contributed by atoms with Gasteiger partial charge in [-0.15, -0.1) is 10.2 Å². The number of aromatic nitrogens is 4. The van der Waals surface area contributed by atoms with Crippen LogP contribution in [0.25, 0.3) is 22.1 Å². The number of aromatic amines is 1. The maximum absolute atomic E-state index is 10.0. The smallest absolute Gasteiger partial charge is 0.265 e. The summed E-state index contributed by atoms with van der Waals surface area (Å²) >= 11 is 0. The fourth-order valence-corrected chi connectivity index (χ4v) is 2.76. The lowest BCUT2D eigenvalue weighted by Crippen LogP contribution is -1.99. The van der Waals surface area contributed by atoms with Gasteiger partial charge in [-0.2, -0.15) is 10.1 Å². The van der Waals surface area contributed by atoms with Crippen LogP contribution in [0.3, 0.4) is 0 Å². The number of phenolic OH excluding ortho intramolecular Hbond substituents is 1. The average Bonchev–Trinajstić information content (AvgIpc) is 3.02. The van der Waals surface area contributed by atoms with Gasteiger partial charge in [0.05, 0.1) is 18.8 Å². The summed E-state index contributed by atoms with van der Waals surface area (Å²) in [6, 6.07) is 11.1. The van der Waals surface area contributed by atoms with E-state index in [1.807, 2.05) is 25.1 Å². The van der Waals surface area contributed by atoms with Gasteiger partial charge in [-0.25, -0.2) is 5.43 Å². The Morgan fingerprint density at radius 1 is 1.19 bits per heavy atom. The Morgan fingerprint density at radius 3 is 2.88 bits per heavy atom. The van der Waals surface area contributed by atoms with E-state index in [2.05, 4.69) is 30.7 Å². The number of para-hydroxylation sites is 2. The zero-order valence-corrected chi connectivity index (χ0v) is 14.2. The fourth-order valence-electron chi connectivity index (χ4n) is 2.76. The minimum Gasteiger partial charge on any atom is -0.504 e. The van der Waals surface area contributed by atoms with Crippen molar-refractivity contribution in [2.24, 2.45) is 5.10 Å². The van der Waals surface area contributed by atoms with Gasteiger partial charge >= 0.3 is 0 Å². The number of hydrazone groups is 1. The zero-order valence-electron chi connectivity index (χ0n) is 14.2. The van der Waals surface area contributed by atoms with Gasteiger partial charge in [0, 0.05) is 10.9 Å². The molecule has 0 unspecified atom stereocenters. The Hall–Kier alpha value is -3.68. The first-order valence-electron chi connectivity index (χ1n) is 7.94. The normalized spacial score (nSPS) is 11.5. The molecule has 0 radical (unpaired) electrons. The van der Waals surface area contributed by atoms with E-state index >= 15 is 0 Å². The molecule has 0 spiro atoms. The molecule has 2 aromatic heterocycles. The highest BCUT2D eigenvalue weighted by molar-refractivity contribution is 6.04. The molecule has 8 nitrogen and oxygen atoms in total. The van der Waals surface area contributed by atoms with Crippen LogP contribution in [-0.2, 0) is 0 Å². The number of benzene rings is 2. The van der Waals surface area contributed by atoms with E-state index in [0.29, 0.717) is 22.5 Å². The molecular formula is C18H16N6O2. The number of phenols is 1. The Balaban J connectivity index is 1.62. The second kappa shape index (κ2) is 6.32. The largest absolute Gasteiger partial charge is 0.504 e. The quantitative estimate of drug-likeness (QED) is 0.386. The molecule has 26 heavy (non-hydrogen) atoms. The summed E-state index contributed by atoms with van der Waals surface area (Å²) < 4.78 is 5.07. The third-order valence-corrected chi connectivity index (χ3v) is 4.08. The van der Waals surface area contributed by atoms with Crippen LogP contribution in [0.4, 0.5) is 5.95 Å². The predicted molar refractivity (Wildman–Crippen MR) is 99.8 cm³/mol. The molecule has 0 atom stereocenters. The first kappa shape index (κ1) is 15.8. The highest BCUT2D eigenvalue weighted by Crippen LogP contribution is 2.28. The van der Waals surface area contributed by atoms with Crippen LogP contribution in [0.1, 0.15) is 11.1 Å².